The maximum absolute atomic E-state index is 15.1. The molecule has 2 aliphatic carbocycles. The summed E-state index contributed by atoms with van der Waals surface area (Å²) in [6.45, 7) is 5.94. The van der Waals surface area contributed by atoms with E-state index in [-0.39, 0.29) is 35.2 Å². The Hall–Kier alpha value is -13.1. The van der Waals surface area contributed by atoms with Crippen molar-refractivity contribution < 1.29 is 96.8 Å². The number of rotatable bonds is 38. The van der Waals surface area contributed by atoms with E-state index in [1.807, 2.05) is 37.7 Å². The van der Waals surface area contributed by atoms with Crippen LogP contribution in [-0.2, 0) is 75.2 Å². The first-order chi connectivity index (χ1) is 54.8. The number of aliphatic hydroxyl groups excluding tert-OH is 1. The van der Waals surface area contributed by atoms with Crippen LogP contribution in [0.1, 0.15) is 124 Å². The molecule has 12 amide bonds. The number of anilines is 1. The van der Waals surface area contributed by atoms with Crippen LogP contribution in [-0.4, -0.2) is 220 Å². The van der Waals surface area contributed by atoms with Gasteiger partial charge in [-0.1, -0.05) is 78.5 Å². The number of H-pyrrole nitrogens is 2. The van der Waals surface area contributed by atoms with Crippen molar-refractivity contribution in [3.63, 3.8) is 0 Å². The molecule has 3 aromatic carbocycles. The minimum Gasteiger partial charge on any atom is -0.481 e. The van der Waals surface area contributed by atoms with E-state index in [0.29, 0.717) is 76.4 Å². The summed E-state index contributed by atoms with van der Waals surface area (Å²) in [5, 5.41) is 67.4. The lowest BCUT2D eigenvalue weighted by Crippen LogP contribution is -2.63. The van der Waals surface area contributed by atoms with Gasteiger partial charge >= 0.3 is 17.9 Å². The molecule has 116 heavy (non-hydrogen) atoms. The fourth-order valence-corrected chi connectivity index (χ4v) is 13.6. The van der Waals surface area contributed by atoms with Gasteiger partial charge in [0.05, 0.1) is 50.4 Å². The van der Waals surface area contributed by atoms with Crippen molar-refractivity contribution in [3.8, 4) is 22.5 Å². The van der Waals surface area contributed by atoms with Gasteiger partial charge in [0.2, 0.25) is 70.3 Å². The molecular weight excluding hydrogens is 1510 g/mol. The Kier molecular flexibility index (Phi) is 30.2. The second-order valence-electron chi connectivity index (χ2n) is 30.2. The molecule has 0 radical (unpaired) electrons. The third-order valence-electron chi connectivity index (χ3n) is 20.1. The second kappa shape index (κ2) is 39.6. The van der Waals surface area contributed by atoms with Crippen LogP contribution in [0.4, 0.5) is 5.69 Å². The van der Waals surface area contributed by atoms with Gasteiger partial charge in [0, 0.05) is 95.8 Å². The van der Waals surface area contributed by atoms with Crippen LogP contribution in [0.3, 0.4) is 0 Å². The first-order valence-electron chi connectivity index (χ1n) is 37.6. The van der Waals surface area contributed by atoms with Crippen LogP contribution in [0.25, 0.3) is 44.3 Å². The molecule has 2 aromatic heterocycles. The third-order valence-corrected chi connectivity index (χ3v) is 20.1. The Morgan fingerprint density at radius 3 is 1.84 bits per heavy atom. The summed E-state index contributed by atoms with van der Waals surface area (Å²) in [4.78, 5) is 218. The summed E-state index contributed by atoms with van der Waals surface area (Å²) in [6, 6.07) is 6.11. The number of hydrogen-bond acceptors (Lipinski definition) is 19. The van der Waals surface area contributed by atoms with Gasteiger partial charge in [-0.2, -0.15) is 0 Å². The smallest absolute Gasteiger partial charge is 0.336 e. The summed E-state index contributed by atoms with van der Waals surface area (Å²) in [5.41, 5.74) is 12.9. The number of carbonyl (C=O) groups excluding carboxylic acids is 12. The van der Waals surface area contributed by atoms with E-state index in [9.17, 15) is 87.5 Å². The lowest BCUT2D eigenvalue weighted by atomic mass is 9.82. The van der Waals surface area contributed by atoms with E-state index < -0.39 is 193 Å². The number of aromatic nitrogens is 3. The fourth-order valence-electron chi connectivity index (χ4n) is 13.6. The van der Waals surface area contributed by atoms with Gasteiger partial charge in [0.1, 0.15) is 79.8 Å². The van der Waals surface area contributed by atoms with E-state index in [1.165, 1.54) is 30.7 Å². The van der Waals surface area contributed by atoms with Gasteiger partial charge in [-0.15, -0.1) is 0 Å². The van der Waals surface area contributed by atoms with Crippen LogP contribution in [0.5, 0.6) is 0 Å². The Bertz CT molecular complexity index is 4900. The minimum atomic E-state index is -1.92. The van der Waals surface area contributed by atoms with E-state index in [4.69, 9.17) is 15.9 Å². The SMILES string of the molecule is CC[C@H](C)[C@H](NC(=O)[C@H](CC(=O)O)NC(=O)[C@@H](NC(=O)[C@@H](NC(=O)[C@H](Cc1c[nH]c2ccccc12)NC(=O)[C@H](Cc1cnc[nH]1)NC(=O)[C@H](CO)NC(=O)CNC(=O)[C@H](CC(N)=O)NC(=O)[C@H](CC(N)=O)NC(=O)c1ccc(C(=O)O)c(-c2c3ccc(=[N+](C)C)cc-3oc3cc(N(C)C)ccc23)c1)C(C)(C)C)C1CCCCC1)C(=O)O. The number of nitrogens with zero attached hydrogens (tertiary/aromatic N) is 3. The van der Waals surface area contributed by atoms with Gasteiger partial charge in [0.25, 0.3) is 5.91 Å². The number of aromatic carboxylic acids is 1. The highest BCUT2D eigenvalue weighted by Gasteiger charge is 2.42. The lowest BCUT2D eigenvalue weighted by Gasteiger charge is -2.36. The summed E-state index contributed by atoms with van der Waals surface area (Å²) in [7, 11) is 7.30. The number of carboxylic acid groups (broad SMARTS) is 3. The van der Waals surface area contributed by atoms with Gasteiger partial charge in [-0.3, -0.25) is 62.3 Å². The summed E-state index contributed by atoms with van der Waals surface area (Å²) >= 11 is 0. The van der Waals surface area contributed by atoms with Crippen LogP contribution in [0.15, 0.2) is 102 Å². The van der Waals surface area contributed by atoms with Crippen molar-refractivity contribution >= 4 is 116 Å². The number of para-hydroxylation sites is 1. The number of hydrogen-bond donors (Lipinski definition) is 18. The first kappa shape index (κ1) is 88.5. The molecule has 3 heterocycles. The highest BCUT2D eigenvalue weighted by Crippen LogP contribution is 2.43. The zero-order chi connectivity index (χ0) is 85.2. The number of benzene rings is 4. The zero-order valence-corrected chi connectivity index (χ0v) is 65.6. The number of aliphatic carboxylic acids is 2. The maximum atomic E-state index is 15.1. The molecule has 0 spiro atoms. The van der Waals surface area contributed by atoms with Crippen LogP contribution in [0, 0.1) is 17.3 Å². The van der Waals surface area contributed by atoms with Crippen molar-refractivity contribution in [1.29, 1.82) is 0 Å². The van der Waals surface area contributed by atoms with Gasteiger partial charge in [-0.25, -0.2) is 19.1 Å². The van der Waals surface area contributed by atoms with Gasteiger partial charge in [-0.05, 0) is 83.7 Å². The number of amides is 12. The molecule has 1 fully saturated rings. The average molecular weight is 1610 g/mol. The molecule has 0 saturated heterocycles. The fraction of sp³-hybridized carbons (Fsp3) is 0.430. The number of nitrogens with one attached hydrogen (secondary N) is 12. The van der Waals surface area contributed by atoms with Crippen molar-refractivity contribution in [2.75, 3.05) is 46.2 Å². The first-order valence-corrected chi connectivity index (χ1v) is 37.6. The molecule has 620 valence electrons. The number of nitrogens with two attached hydrogens (primary N) is 2. The monoisotopic (exact) mass is 1610 g/mol. The predicted octanol–water partition coefficient (Wildman–Crippen LogP) is -0.242. The molecule has 20 N–H and O–H groups in total. The Morgan fingerprint density at radius 1 is 0.629 bits per heavy atom. The zero-order valence-electron chi connectivity index (χ0n) is 65.6. The van der Waals surface area contributed by atoms with E-state index >= 15 is 4.79 Å². The Balaban J connectivity index is 0.976. The summed E-state index contributed by atoms with van der Waals surface area (Å²) in [5.74, 6) is -18.1. The number of aliphatic hydroxyl groups is 1. The number of carbonyl (C=O) groups is 15. The molecular formula is C79H100N17O20+. The molecule has 0 unspecified atom stereocenters. The molecule has 10 atom stereocenters. The molecule has 1 aliphatic heterocycles. The van der Waals surface area contributed by atoms with E-state index in [0.717, 1.165) is 17.5 Å². The Labute approximate surface area is 665 Å². The number of primary amides is 2. The lowest BCUT2D eigenvalue weighted by molar-refractivity contribution is -0.145. The van der Waals surface area contributed by atoms with E-state index in [2.05, 4.69) is 68.1 Å². The topological polar surface area (TPSA) is 573 Å². The molecule has 8 rings (SSSR count). The highest BCUT2D eigenvalue weighted by molar-refractivity contribution is 6.10. The van der Waals surface area contributed by atoms with Crippen LogP contribution < -0.4 is 79.5 Å². The molecule has 5 aromatic rings. The van der Waals surface area contributed by atoms with Crippen LogP contribution in [0.2, 0.25) is 0 Å². The van der Waals surface area contributed by atoms with Crippen molar-refractivity contribution in [2.45, 2.75) is 160 Å². The summed E-state index contributed by atoms with van der Waals surface area (Å²) < 4.78 is 8.25. The Morgan fingerprint density at radius 2 is 1.24 bits per heavy atom. The number of imidazole rings is 1. The second-order valence-corrected chi connectivity index (χ2v) is 30.2. The third kappa shape index (κ3) is 23.3. The normalized spacial score (nSPS) is 14.9. The maximum Gasteiger partial charge on any atom is 0.336 e. The number of carboxylic acids is 3. The molecule has 3 aliphatic rings. The quantitative estimate of drug-likeness (QED) is 0.0175. The van der Waals surface area contributed by atoms with Crippen molar-refractivity contribution in [2.24, 2.45) is 28.7 Å². The minimum absolute atomic E-state index is 0.0592. The highest BCUT2D eigenvalue weighted by atomic mass is 16.4. The summed E-state index contributed by atoms with van der Waals surface area (Å²) in [6.07, 6.45) is 3.98. The predicted molar refractivity (Wildman–Crippen MR) is 421 cm³/mol. The van der Waals surface area contributed by atoms with Gasteiger partial charge < -0.3 is 104 Å². The molecule has 37 nitrogen and oxygen atoms in total. The van der Waals surface area contributed by atoms with Gasteiger partial charge in [0.15, 0.2) is 0 Å². The van der Waals surface area contributed by atoms with Crippen molar-refractivity contribution in [1.82, 2.24) is 72.7 Å². The standard InChI is InChI=1S/C79H99N17O20/c1-10-39(2)65(78(114)115)92-72(107)56(33-63(101)102)91-75(110)66(40-16-12-11-13-17-40)93-76(111)67(79(3,4)5)94-73(108)52(27-42-34-83-51-19-15-14-18-46(42)51)88-70(105)53(28-43-35-82-38-85-43)89-74(109)57(37-97)86-62(100)36-84-69(104)54(31-60(80)98)90-71(106)55(32-61(81)99)87-68(103)41-20-23-47(77(112)113)50(26-41)64-48-24-21-44(95(6)7)29-58(48)116-59-30-45(96(8)9)22-25-49(59)64/h14-15,18-26,29-30,34-35,38-40,52-57,65-67,83,97H,10-13,16-17,27-28,31-33,36-37H2,1-9H3,(H17-,80,81,82,84,85,86,87,88,89,90,91,92,93,94,98,99,100,101,102,103,104,105,106,107,108,109,110,111,112,113,114,115)/p+1/t39-,52-,53-,54-,55-,56-,57-,65-,66-,67+/m0/s1. The number of fused-ring (bicyclic) bond motifs is 3. The van der Waals surface area contributed by atoms with Crippen molar-refractivity contribution in [3.05, 3.63) is 125 Å². The molecule has 0 bridgehead atoms. The molecule has 1 saturated carbocycles. The number of aromatic amines is 2. The van der Waals surface area contributed by atoms with E-state index in [1.54, 1.807) is 101 Å². The molecule has 37 heteroatoms. The largest absolute Gasteiger partial charge is 0.481 e. The average Bonchev–Trinajstić information content (AvgIpc) is 1.27. The van der Waals surface area contributed by atoms with Crippen LogP contribution >= 0.6 is 0 Å².